The maximum Gasteiger partial charge on any atom is 0.251 e. The van der Waals surface area contributed by atoms with Gasteiger partial charge in [0.2, 0.25) is 0 Å². The maximum atomic E-state index is 12.8. The van der Waals surface area contributed by atoms with Crippen LogP contribution < -0.4 is 16.4 Å². The van der Waals surface area contributed by atoms with Crippen molar-refractivity contribution < 1.29 is 14.4 Å². The Morgan fingerprint density at radius 3 is 1.82 bits per heavy atom. The van der Waals surface area contributed by atoms with Crippen molar-refractivity contribution in [2.24, 2.45) is 5.73 Å². The van der Waals surface area contributed by atoms with Crippen LogP contribution in [0.15, 0.2) is 42.5 Å². The monoisotopic (exact) mass is 463 g/mol. The van der Waals surface area contributed by atoms with Crippen molar-refractivity contribution in [3.63, 3.8) is 0 Å². The molecule has 0 saturated carbocycles. The van der Waals surface area contributed by atoms with E-state index in [1.807, 2.05) is 0 Å². The van der Waals surface area contributed by atoms with Crippen molar-refractivity contribution in [1.29, 1.82) is 0 Å². The molecule has 0 fully saturated rings. The fourth-order valence-corrected chi connectivity index (χ4v) is 4.32. The fraction of sp³-hybridized carbons (Fsp3) is 0.464. The lowest BCUT2D eigenvalue weighted by molar-refractivity contribution is 0.0950. The molecule has 0 unspecified atom stereocenters. The third-order valence-electron chi connectivity index (χ3n) is 6.31. The number of carbonyl (C=O) groups excluding carboxylic acids is 3. The van der Waals surface area contributed by atoms with Gasteiger partial charge in [-0.15, -0.1) is 0 Å². The van der Waals surface area contributed by atoms with Gasteiger partial charge in [0.25, 0.3) is 5.91 Å². The predicted octanol–water partition coefficient (Wildman–Crippen LogP) is 4.25. The molecule has 0 heterocycles. The molecule has 2 aromatic carbocycles. The number of hydrogen-bond acceptors (Lipinski definition) is 5. The van der Waals surface area contributed by atoms with Gasteiger partial charge in [0.05, 0.1) is 0 Å². The van der Waals surface area contributed by atoms with E-state index in [2.05, 4.69) is 10.6 Å². The highest BCUT2D eigenvalue weighted by molar-refractivity contribution is 6.28. The number of amides is 1. The molecule has 1 aliphatic rings. The number of hydrogen-bond donors (Lipinski definition) is 3. The molecular weight excluding hydrogens is 426 g/mol. The first-order valence-electron chi connectivity index (χ1n) is 12.6. The standard InChI is InChI=1S/C28H37N3O3/c29-16-8-11-18-30-17-9-4-2-1-3-5-10-19-31-28(34)21-14-15-24-25(20-21)27(33)23-13-7-6-12-22(23)26(24)32/h6-7,12-15,20,30H,1-5,8-11,16-19,29H2,(H,31,34). The Morgan fingerprint density at radius 1 is 0.647 bits per heavy atom. The minimum Gasteiger partial charge on any atom is -0.352 e. The molecule has 2 aromatic rings. The molecule has 0 aromatic heterocycles. The number of benzene rings is 2. The van der Waals surface area contributed by atoms with Gasteiger partial charge in [-0.2, -0.15) is 0 Å². The van der Waals surface area contributed by atoms with Gasteiger partial charge in [-0.25, -0.2) is 0 Å². The van der Waals surface area contributed by atoms with Gasteiger partial charge < -0.3 is 16.4 Å². The summed E-state index contributed by atoms with van der Waals surface area (Å²) in [5.74, 6) is -0.584. The van der Waals surface area contributed by atoms with Crippen LogP contribution in [0.1, 0.15) is 100.0 Å². The topological polar surface area (TPSA) is 101 Å². The van der Waals surface area contributed by atoms with Gasteiger partial charge >= 0.3 is 0 Å². The van der Waals surface area contributed by atoms with E-state index < -0.39 is 0 Å². The van der Waals surface area contributed by atoms with Crippen LogP contribution >= 0.6 is 0 Å². The molecule has 34 heavy (non-hydrogen) atoms. The Morgan fingerprint density at radius 2 is 1.18 bits per heavy atom. The molecule has 0 saturated heterocycles. The quantitative estimate of drug-likeness (QED) is 0.293. The third kappa shape index (κ3) is 7.08. The molecule has 0 atom stereocenters. The van der Waals surface area contributed by atoms with E-state index in [0.717, 1.165) is 45.3 Å². The van der Waals surface area contributed by atoms with Crippen molar-refractivity contribution in [2.45, 2.75) is 57.8 Å². The highest BCUT2D eigenvalue weighted by Crippen LogP contribution is 2.27. The Balaban J connectivity index is 1.31. The minimum absolute atomic E-state index is 0.170. The summed E-state index contributed by atoms with van der Waals surface area (Å²) in [6, 6.07) is 11.6. The van der Waals surface area contributed by atoms with Gasteiger partial charge in [-0.3, -0.25) is 14.4 Å². The van der Waals surface area contributed by atoms with E-state index in [9.17, 15) is 14.4 Å². The largest absolute Gasteiger partial charge is 0.352 e. The summed E-state index contributed by atoms with van der Waals surface area (Å²) in [5, 5.41) is 6.40. The van der Waals surface area contributed by atoms with Gasteiger partial charge in [-0.05, 0) is 63.5 Å². The van der Waals surface area contributed by atoms with Crippen LogP contribution in [0.2, 0.25) is 0 Å². The number of ketones is 2. The predicted molar refractivity (Wildman–Crippen MR) is 136 cm³/mol. The summed E-state index contributed by atoms with van der Waals surface area (Å²) in [6.45, 7) is 3.54. The molecule has 0 radical (unpaired) electrons. The van der Waals surface area contributed by atoms with Crippen LogP contribution in [0.25, 0.3) is 0 Å². The Kier molecular flexibility index (Phi) is 10.4. The van der Waals surface area contributed by atoms with Gasteiger partial charge in [-0.1, -0.05) is 56.4 Å². The summed E-state index contributed by atoms with van der Waals surface area (Å²) >= 11 is 0. The lowest BCUT2D eigenvalue weighted by Crippen LogP contribution is -2.26. The van der Waals surface area contributed by atoms with E-state index in [1.54, 1.807) is 42.5 Å². The van der Waals surface area contributed by atoms with Crippen molar-refractivity contribution in [1.82, 2.24) is 10.6 Å². The van der Waals surface area contributed by atoms with Crippen LogP contribution in [-0.4, -0.2) is 43.7 Å². The average Bonchev–Trinajstić information content (AvgIpc) is 2.87. The molecule has 0 spiro atoms. The van der Waals surface area contributed by atoms with Crippen LogP contribution in [0, 0.1) is 0 Å². The molecule has 6 nitrogen and oxygen atoms in total. The first-order chi connectivity index (χ1) is 16.6. The fourth-order valence-electron chi connectivity index (χ4n) is 4.32. The Bertz CT molecular complexity index is 987. The number of nitrogens with one attached hydrogen (secondary N) is 2. The normalized spacial score (nSPS) is 12.4. The summed E-state index contributed by atoms with van der Waals surface area (Å²) in [4.78, 5) is 38.1. The van der Waals surface area contributed by atoms with Crippen molar-refractivity contribution in [3.05, 3.63) is 70.3 Å². The summed E-state index contributed by atoms with van der Waals surface area (Å²) < 4.78 is 0. The molecule has 0 aliphatic heterocycles. The van der Waals surface area contributed by atoms with E-state index in [4.69, 9.17) is 5.73 Å². The van der Waals surface area contributed by atoms with E-state index in [0.29, 0.717) is 34.4 Å². The second kappa shape index (κ2) is 13.8. The summed E-state index contributed by atoms with van der Waals surface area (Å²) in [7, 11) is 0. The van der Waals surface area contributed by atoms with Crippen molar-refractivity contribution in [3.8, 4) is 0 Å². The number of fused-ring (bicyclic) bond motifs is 2. The van der Waals surface area contributed by atoms with Gasteiger partial charge in [0.15, 0.2) is 11.6 Å². The van der Waals surface area contributed by atoms with Crippen molar-refractivity contribution >= 4 is 17.5 Å². The second-order valence-electron chi connectivity index (χ2n) is 8.94. The van der Waals surface area contributed by atoms with E-state index in [1.165, 1.54) is 32.1 Å². The van der Waals surface area contributed by atoms with Crippen LogP contribution in [-0.2, 0) is 0 Å². The molecule has 3 rings (SSSR count). The highest BCUT2D eigenvalue weighted by Gasteiger charge is 2.29. The lowest BCUT2D eigenvalue weighted by Gasteiger charge is -2.18. The summed E-state index contributed by atoms with van der Waals surface area (Å²) in [5.41, 5.74) is 7.39. The average molecular weight is 464 g/mol. The zero-order chi connectivity index (χ0) is 24.2. The zero-order valence-electron chi connectivity index (χ0n) is 20.0. The Labute approximate surface area is 202 Å². The summed E-state index contributed by atoms with van der Waals surface area (Å²) in [6.07, 6.45) is 10.4. The van der Waals surface area contributed by atoms with Crippen LogP contribution in [0.4, 0.5) is 0 Å². The molecule has 1 aliphatic carbocycles. The van der Waals surface area contributed by atoms with Crippen molar-refractivity contribution in [2.75, 3.05) is 26.2 Å². The van der Waals surface area contributed by atoms with Gasteiger partial charge in [0.1, 0.15) is 0 Å². The SMILES string of the molecule is NCCCCNCCCCCCCCCNC(=O)c1ccc2c(c1)C(=O)c1ccccc1C2=O. The number of rotatable bonds is 15. The molecule has 6 heteroatoms. The van der Waals surface area contributed by atoms with Crippen LogP contribution in [0.5, 0.6) is 0 Å². The van der Waals surface area contributed by atoms with Gasteiger partial charge in [0, 0.05) is 34.4 Å². The molecule has 182 valence electrons. The third-order valence-corrected chi connectivity index (χ3v) is 6.31. The lowest BCUT2D eigenvalue weighted by atomic mass is 9.83. The molecule has 0 bridgehead atoms. The Hall–Kier alpha value is -2.83. The smallest absolute Gasteiger partial charge is 0.251 e. The maximum absolute atomic E-state index is 12.8. The first-order valence-corrected chi connectivity index (χ1v) is 12.6. The molecular formula is C28H37N3O3. The zero-order valence-corrected chi connectivity index (χ0v) is 20.0. The second-order valence-corrected chi connectivity index (χ2v) is 8.94. The van der Waals surface area contributed by atoms with E-state index >= 15 is 0 Å². The first kappa shape index (κ1) is 25.8. The number of unbranched alkanes of at least 4 members (excludes halogenated alkanes) is 7. The number of nitrogens with two attached hydrogens (primary N) is 1. The number of carbonyl (C=O) groups is 3. The molecule has 1 amide bonds. The highest BCUT2D eigenvalue weighted by atomic mass is 16.2. The van der Waals surface area contributed by atoms with Crippen LogP contribution in [0.3, 0.4) is 0 Å². The molecule has 4 N–H and O–H groups in total. The van der Waals surface area contributed by atoms with E-state index in [-0.39, 0.29) is 17.5 Å². The minimum atomic E-state index is -0.208.